The number of nitrogens with zero attached hydrogens (tertiary/aromatic N) is 6. The molecule has 0 saturated carbocycles. The molecule has 4 atom stereocenters. The number of rotatable bonds is 26. The van der Waals surface area contributed by atoms with Crippen LogP contribution in [0.3, 0.4) is 0 Å². The van der Waals surface area contributed by atoms with E-state index >= 15 is 0 Å². The fourth-order valence-electron chi connectivity index (χ4n) is 10.9. The van der Waals surface area contributed by atoms with E-state index in [1.807, 2.05) is 142 Å². The Balaban J connectivity index is 0.000000249. The number of halogens is 1. The molecule has 0 saturated heterocycles. The number of alkyl carbamates (subject to hydrolysis) is 4. The summed E-state index contributed by atoms with van der Waals surface area (Å²) in [6, 6.07) is 61.5. The van der Waals surface area contributed by atoms with Crippen LogP contribution in [0.1, 0.15) is 149 Å². The fraction of sp³-hybridized carbons (Fsp3) is 0.284. The standard InChI is InChI=1S/C22H25N3O5S2.2C22H23N3O4S.C14H19N3O4S.C8H7BrO.H3N/c1-22(2,3)30-21(26)24-18(13-15-9-11-17(12-10-15)25-32(27,28)29)20-23-19(14-31-20)16-7-5-4-6-8-16;2*1-22(2,3)29-21(26)24-18(13-15-9-11-17(12-10-15)25(27)28)20-23-19(14-30-20)16-7-5-4-6-8-16;1-14(2,3)21-13(18)16-11(12(15)22)8-9-4-6-10(7-5-9)17(19)20;9-6-8(10)7-4-2-1-3-5-7;/h4-12,14,18,25H,13H2,1-3H3,(H,24,26)(H,27,28,29);2*4-12,14,18H,13H2,1-3H3,(H,24,26);4-7,11H,8H2,1-3H3,(H2,15,22)(H,16,18);1-5H,6H2;1H3/t3*18-;11-;;/m0000../s1. The van der Waals surface area contributed by atoms with Crippen molar-refractivity contribution in [1.82, 2.24) is 42.4 Å². The van der Waals surface area contributed by atoms with Crippen molar-refractivity contribution in [1.29, 1.82) is 0 Å². The maximum absolute atomic E-state index is 12.5. The Hall–Kier alpha value is -12.4. The number of hydrogen-bond donors (Lipinski definition) is 7. The third kappa shape index (κ3) is 37.3. The maximum Gasteiger partial charge on any atom is 0.408 e. The van der Waals surface area contributed by atoms with Crippen LogP contribution in [0, 0.1) is 30.3 Å². The summed E-state index contributed by atoms with van der Waals surface area (Å²) in [5.74, 6) is 0.126. The lowest BCUT2D eigenvalue weighted by molar-refractivity contribution is -0.385. The smallest absolute Gasteiger partial charge is 0.408 e. The van der Waals surface area contributed by atoms with Gasteiger partial charge >= 0.3 is 24.4 Å². The van der Waals surface area contributed by atoms with Gasteiger partial charge in [0.15, 0.2) is 16.1 Å². The molecule has 0 aliphatic heterocycles. The van der Waals surface area contributed by atoms with Crippen molar-refractivity contribution in [3.63, 3.8) is 0 Å². The van der Waals surface area contributed by atoms with Crippen molar-refractivity contribution in [2.45, 2.75) is 155 Å². The van der Waals surface area contributed by atoms with Crippen LogP contribution in [0.4, 0.5) is 41.9 Å². The number of nitrogens with one attached hydrogen (secondary N) is 5. The second kappa shape index (κ2) is 47.5. The molecule has 11 aromatic rings. The molecule has 0 aliphatic rings. The highest BCUT2D eigenvalue weighted by Gasteiger charge is 2.29. The number of nitrogens with two attached hydrogens (primary N) is 1. The highest BCUT2D eigenvalue weighted by molar-refractivity contribution is 9.09. The number of non-ortho nitro benzene ring substituents is 3. The van der Waals surface area contributed by atoms with E-state index in [-0.39, 0.29) is 39.7 Å². The lowest BCUT2D eigenvalue weighted by Gasteiger charge is -2.23. The number of quaternary nitrogens is 1. The summed E-state index contributed by atoms with van der Waals surface area (Å²) < 4.78 is 55.9. The number of thiocarbonyl (C=S) groups is 1. The topological polar surface area (TPSA) is 470 Å². The Morgan fingerprint density at radius 3 is 0.928 bits per heavy atom. The minimum absolute atomic E-state index is 0. The number of aromatic nitrogens is 3. The van der Waals surface area contributed by atoms with Crippen LogP contribution in [-0.2, 0) is 54.9 Å². The average Bonchev–Trinajstić information content (AvgIpc) is 1.71. The first-order chi connectivity index (χ1) is 58.3. The van der Waals surface area contributed by atoms with E-state index in [2.05, 4.69) is 37.2 Å². The van der Waals surface area contributed by atoms with E-state index in [1.165, 1.54) is 82.5 Å². The monoisotopic (exact) mass is 1870 g/mol. The van der Waals surface area contributed by atoms with Crippen LogP contribution in [0.15, 0.2) is 235 Å². The minimum Gasteiger partial charge on any atom is -0.731 e. The summed E-state index contributed by atoms with van der Waals surface area (Å²) >= 11 is 12.4. The third-order valence-corrected chi connectivity index (χ3v) is 20.5. The molecule has 3 aromatic heterocycles. The van der Waals surface area contributed by atoms with Crippen molar-refractivity contribution in [2.24, 2.45) is 5.73 Å². The van der Waals surface area contributed by atoms with Crippen LogP contribution < -0.4 is 37.9 Å². The van der Waals surface area contributed by atoms with Crippen LogP contribution in [-0.4, -0.2) is 112 Å². The average molecular weight is 1870 g/mol. The molecule has 8 aromatic carbocycles. The molecule has 31 nitrogen and oxygen atoms in total. The summed E-state index contributed by atoms with van der Waals surface area (Å²) in [5, 5.41) is 52.1. The zero-order chi connectivity index (χ0) is 91.1. The number of nitro benzene ring substituents is 3. The molecule has 3 heterocycles. The number of amides is 4. The first kappa shape index (κ1) is 101. The minimum atomic E-state index is -4.59. The van der Waals surface area contributed by atoms with Gasteiger partial charge in [-0.2, -0.15) is 0 Å². The van der Waals surface area contributed by atoms with Crippen molar-refractivity contribution >= 4 is 130 Å². The number of anilines is 1. The molecule has 0 unspecified atom stereocenters. The molecule has 0 spiro atoms. The Morgan fingerprint density at radius 2 is 0.680 bits per heavy atom. The number of carbonyl (C=O) groups is 5. The normalized spacial score (nSPS) is 12.0. The number of thiazole rings is 3. The number of ketones is 1. The number of hydrogen-bond acceptors (Lipinski definition) is 25. The second-order valence-corrected chi connectivity index (χ2v) is 36.1. The molecule has 0 bridgehead atoms. The van der Waals surface area contributed by atoms with Gasteiger partial charge in [-0.25, -0.2) is 42.5 Å². The van der Waals surface area contributed by atoms with Gasteiger partial charge in [-0.1, -0.05) is 198 Å². The summed E-state index contributed by atoms with van der Waals surface area (Å²) in [6.07, 6.45) is -0.672. The summed E-state index contributed by atoms with van der Waals surface area (Å²) in [5.41, 5.74) is 12.8. The lowest BCUT2D eigenvalue weighted by Crippen LogP contribution is -2.46. The van der Waals surface area contributed by atoms with Crippen LogP contribution in [0.2, 0.25) is 0 Å². The quantitative estimate of drug-likeness (QED) is 0.00503. The van der Waals surface area contributed by atoms with E-state index in [0.29, 0.717) is 36.0 Å². The van der Waals surface area contributed by atoms with E-state index < -0.39 is 96.0 Å². The van der Waals surface area contributed by atoms with Gasteiger partial charge < -0.3 is 56.7 Å². The van der Waals surface area contributed by atoms with Gasteiger partial charge in [-0.05, 0) is 143 Å². The summed E-state index contributed by atoms with van der Waals surface area (Å²) in [4.78, 5) is 105. The first-order valence-corrected chi connectivity index (χ1v) is 43.9. The fourth-order valence-corrected chi connectivity index (χ4v) is 14.5. The largest absolute Gasteiger partial charge is 0.731 e. The molecule has 4 amide bonds. The zero-order valence-electron chi connectivity index (χ0n) is 70.9. The molecule has 11 rings (SSSR count). The molecule has 662 valence electrons. The molecule has 11 N–H and O–H groups in total. The Kier molecular flexibility index (Phi) is 38.5. The van der Waals surface area contributed by atoms with Gasteiger partial charge in [0.1, 0.15) is 37.4 Å². The van der Waals surface area contributed by atoms with E-state index in [9.17, 15) is 67.3 Å². The van der Waals surface area contributed by atoms with Crippen molar-refractivity contribution in [3.8, 4) is 33.8 Å². The van der Waals surface area contributed by atoms with Gasteiger partial charge in [0.2, 0.25) is 0 Å². The molecule has 37 heteroatoms. The maximum atomic E-state index is 12.5. The third-order valence-electron chi connectivity index (χ3n) is 16.4. The Bertz CT molecular complexity index is 5300. The summed E-state index contributed by atoms with van der Waals surface area (Å²) in [6.45, 7) is 21.4. The highest BCUT2D eigenvalue weighted by Crippen LogP contribution is 2.33. The highest BCUT2D eigenvalue weighted by atomic mass is 79.9. The van der Waals surface area contributed by atoms with Gasteiger partial charge in [-0.15, -0.1) is 34.0 Å². The SMILES string of the molecule is CC(C)(C)OC(=O)N[C@@H](Cc1ccc(NS(=O)(=O)[O-])cc1)c1nc(-c2ccccc2)cs1.CC(C)(C)OC(=O)N[C@@H](Cc1ccc([N+](=O)[O-])cc1)C(N)=S.CC(C)(C)OC(=O)N[C@@H](Cc1ccc([N+](=O)[O-])cc1)c1nc(-c2ccccc2)cs1.CC(C)(C)OC(=O)N[C@@H](Cc1ccc([N+](=O)[O-])cc1)c1nc(-c2ccccc2)cs1.O=C(CBr)c1ccccc1.[NH4+]. The van der Waals surface area contributed by atoms with Crippen molar-refractivity contribution < 1.29 is 70.7 Å². The number of benzene rings is 8. The number of nitro groups is 3. The number of alkyl halides is 1. The van der Waals surface area contributed by atoms with Crippen LogP contribution >= 0.6 is 62.2 Å². The van der Waals surface area contributed by atoms with Gasteiger partial charge in [0.05, 0.1) is 66.3 Å². The predicted molar refractivity (Wildman–Crippen MR) is 493 cm³/mol. The van der Waals surface area contributed by atoms with Crippen LogP contribution in [0.5, 0.6) is 0 Å². The Labute approximate surface area is 750 Å². The van der Waals surface area contributed by atoms with E-state index in [1.54, 1.807) is 132 Å². The first-order valence-electron chi connectivity index (χ1n) is 38.3. The van der Waals surface area contributed by atoms with Crippen molar-refractivity contribution in [3.05, 3.63) is 308 Å². The second-order valence-electron chi connectivity index (χ2n) is 31.3. The van der Waals surface area contributed by atoms with Gasteiger partial charge in [0.25, 0.3) is 17.1 Å². The molecular weight excluding hydrogens is 1770 g/mol. The summed E-state index contributed by atoms with van der Waals surface area (Å²) in [7, 11) is -4.59. The van der Waals surface area contributed by atoms with Gasteiger partial charge in [0, 0.05) is 80.5 Å². The van der Waals surface area contributed by atoms with Gasteiger partial charge in [-0.3, -0.25) is 39.9 Å². The predicted octanol–water partition coefficient (Wildman–Crippen LogP) is 20.5. The molecule has 0 radical (unpaired) electrons. The van der Waals surface area contributed by atoms with Crippen molar-refractivity contribution in [2.75, 3.05) is 10.1 Å². The zero-order valence-corrected chi connectivity index (χ0v) is 76.6. The number of Topliss-reactive ketones (excluding diaryl/α,β-unsaturated/α-hetero) is 1. The molecule has 125 heavy (non-hydrogen) atoms. The van der Waals surface area contributed by atoms with E-state index in [0.717, 1.165) is 71.6 Å². The van der Waals surface area contributed by atoms with Crippen LogP contribution in [0.25, 0.3) is 33.8 Å². The number of ether oxygens (including phenoxy) is 4. The molecule has 0 fully saturated rings. The molecule has 0 aliphatic carbocycles. The van der Waals surface area contributed by atoms with E-state index in [4.69, 9.17) is 51.9 Å². The Morgan fingerprint density at radius 1 is 0.424 bits per heavy atom. The molecular formula is C88H100BrN13O18S5. The number of carbonyl (C=O) groups excluding carboxylic acids is 5. The lowest BCUT2D eigenvalue weighted by atomic mass is 10.1.